The van der Waals surface area contributed by atoms with Crippen molar-refractivity contribution in [2.75, 3.05) is 31.9 Å². The second-order valence-electron chi connectivity index (χ2n) is 5.53. The number of hydrogen-bond donors (Lipinski definition) is 1. The summed E-state index contributed by atoms with van der Waals surface area (Å²) < 4.78 is 0. The Morgan fingerprint density at radius 2 is 2.10 bits per heavy atom. The van der Waals surface area contributed by atoms with E-state index in [0.29, 0.717) is 22.4 Å². The summed E-state index contributed by atoms with van der Waals surface area (Å²) in [6.07, 6.45) is 5.04. The maximum atomic E-state index is 12.5. The SMILES string of the molecule is Nc1cnc(Cl)cc1C(=O)N1CCC(N2CCCC2)C1. The van der Waals surface area contributed by atoms with E-state index in [1.807, 2.05) is 4.90 Å². The molecule has 3 heterocycles. The molecule has 2 aliphatic rings. The van der Waals surface area contributed by atoms with Crippen LogP contribution in [0.15, 0.2) is 12.3 Å². The van der Waals surface area contributed by atoms with Gasteiger partial charge in [-0.1, -0.05) is 11.6 Å². The highest BCUT2D eigenvalue weighted by Crippen LogP contribution is 2.24. The van der Waals surface area contributed by atoms with Gasteiger partial charge in [-0.2, -0.15) is 0 Å². The van der Waals surface area contributed by atoms with Crippen LogP contribution in [0.25, 0.3) is 0 Å². The van der Waals surface area contributed by atoms with E-state index in [4.69, 9.17) is 17.3 Å². The number of aromatic nitrogens is 1. The number of pyridine rings is 1. The van der Waals surface area contributed by atoms with Gasteiger partial charge in [-0.15, -0.1) is 0 Å². The van der Waals surface area contributed by atoms with Crippen molar-refractivity contribution in [1.82, 2.24) is 14.8 Å². The molecule has 20 heavy (non-hydrogen) atoms. The van der Waals surface area contributed by atoms with E-state index in [2.05, 4.69) is 9.88 Å². The Morgan fingerprint density at radius 1 is 1.35 bits per heavy atom. The first-order valence-corrected chi connectivity index (χ1v) is 7.47. The zero-order chi connectivity index (χ0) is 14.1. The number of nitrogen functional groups attached to an aromatic ring is 1. The highest BCUT2D eigenvalue weighted by molar-refractivity contribution is 6.29. The van der Waals surface area contributed by atoms with Gasteiger partial charge in [0.05, 0.1) is 17.4 Å². The number of anilines is 1. The predicted octanol–water partition coefficient (Wildman–Crippen LogP) is 1.63. The van der Waals surface area contributed by atoms with Gasteiger partial charge in [0.1, 0.15) is 5.15 Å². The van der Waals surface area contributed by atoms with Crippen molar-refractivity contribution in [3.8, 4) is 0 Å². The molecule has 1 unspecified atom stereocenters. The number of hydrogen-bond acceptors (Lipinski definition) is 4. The van der Waals surface area contributed by atoms with Crippen molar-refractivity contribution in [2.24, 2.45) is 0 Å². The summed E-state index contributed by atoms with van der Waals surface area (Å²) in [5.41, 5.74) is 6.69. The van der Waals surface area contributed by atoms with E-state index in [9.17, 15) is 4.79 Å². The van der Waals surface area contributed by atoms with E-state index in [-0.39, 0.29) is 5.91 Å². The Hall–Kier alpha value is -1.33. The molecule has 0 radical (unpaired) electrons. The van der Waals surface area contributed by atoms with Gasteiger partial charge < -0.3 is 10.6 Å². The number of amides is 1. The summed E-state index contributed by atoms with van der Waals surface area (Å²) >= 11 is 5.85. The average molecular weight is 295 g/mol. The minimum absolute atomic E-state index is 0.0338. The zero-order valence-electron chi connectivity index (χ0n) is 11.4. The molecule has 1 aromatic heterocycles. The van der Waals surface area contributed by atoms with Crippen molar-refractivity contribution in [1.29, 1.82) is 0 Å². The third-order valence-corrected chi connectivity index (χ3v) is 4.45. The fourth-order valence-corrected chi connectivity index (χ4v) is 3.28. The number of rotatable bonds is 2. The fourth-order valence-electron chi connectivity index (χ4n) is 3.13. The molecular weight excluding hydrogens is 276 g/mol. The fraction of sp³-hybridized carbons (Fsp3) is 0.571. The van der Waals surface area contributed by atoms with Crippen molar-refractivity contribution < 1.29 is 4.79 Å². The van der Waals surface area contributed by atoms with Gasteiger partial charge in [0.15, 0.2) is 0 Å². The van der Waals surface area contributed by atoms with Crippen molar-refractivity contribution in [3.05, 3.63) is 23.0 Å². The van der Waals surface area contributed by atoms with E-state index < -0.39 is 0 Å². The molecule has 0 aliphatic carbocycles. The Morgan fingerprint density at radius 3 is 2.85 bits per heavy atom. The predicted molar refractivity (Wildman–Crippen MR) is 78.8 cm³/mol. The lowest BCUT2D eigenvalue weighted by Gasteiger charge is -2.23. The Labute approximate surface area is 123 Å². The summed E-state index contributed by atoms with van der Waals surface area (Å²) in [5, 5.41) is 0.304. The molecule has 5 nitrogen and oxygen atoms in total. The van der Waals surface area contributed by atoms with Gasteiger partial charge >= 0.3 is 0 Å². The van der Waals surface area contributed by atoms with Crippen LogP contribution in [0.4, 0.5) is 5.69 Å². The number of nitrogens with zero attached hydrogens (tertiary/aromatic N) is 3. The highest BCUT2D eigenvalue weighted by atomic mass is 35.5. The summed E-state index contributed by atoms with van der Waals surface area (Å²) in [5.74, 6) is -0.0338. The Kier molecular flexibility index (Phi) is 3.81. The second kappa shape index (κ2) is 5.58. The largest absolute Gasteiger partial charge is 0.397 e. The normalized spacial score (nSPS) is 23.4. The standard InChI is InChI=1S/C14H19ClN4O/c15-13-7-11(12(16)8-17-13)14(20)19-6-3-10(9-19)18-4-1-2-5-18/h7-8,10H,1-6,9,16H2. The topological polar surface area (TPSA) is 62.5 Å². The maximum Gasteiger partial charge on any atom is 0.256 e. The molecule has 3 rings (SSSR count). The third kappa shape index (κ3) is 2.60. The van der Waals surface area contributed by atoms with Crippen LogP contribution in [0.3, 0.4) is 0 Å². The van der Waals surface area contributed by atoms with Crippen molar-refractivity contribution in [3.63, 3.8) is 0 Å². The van der Waals surface area contributed by atoms with Crippen LogP contribution in [-0.4, -0.2) is 52.9 Å². The van der Waals surface area contributed by atoms with Crippen LogP contribution < -0.4 is 5.73 Å². The van der Waals surface area contributed by atoms with Crippen LogP contribution >= 0.6 is 11.6 Å². The first-order valence-electron chi connectivity index (χ1n) is 7.09. The van der Waals surface area contributed by atoms with Crippen LogP contribution in [0.5, 0.6) is 0 Å². The molecule has 0 saturated carbocycles. The van der Waals surface area contributed by atoms with Crippen LogP contribution in [0.1, 0.15) is 29.6 Å². The maximum absolute atomic E-state index is 12.5. The van der Waals surface area contributed by atoms with Crippen LogP contribution in [-0.2, 0) is 0 Å². The van der Waals surface area contributed by atoms with Gasteiger partial charge in [0.2, 0.25) is 0 Å². The summed E-state index contributed by atoms with van der Waals surface area (Å²) in [6.45, 7) is 3.91. The number of nitrogens with two attached hydrogens (primary N) is 1. The quantitative estimate of drug-likeness (QED) is 0.842. The molecule has 2 fully saturated rings. The molecule has 1 amide bonds. The molecule has 2 saturated heterocycles. The second-order valence-corrected chi connectivity index (χ2v) is 5.92. The summed E-state index contributed by atoms with van der Waals surface area (Å²) in [4.78, 5) is 20.8. The smallest absolute Gasteiger partial charge is 0.256 e. The molecular formula is C14H19ClN4O. The number of likely N-dealkylation sites (tertiary alicyclic amines) is 2. The molecule has 2 N–H and O–H groups in total. The number of carbonyl (C=O) groups excluding carboxylic acids is 1. The van der Waals surface area contributed by atoms with Crippen LogP contribution in [0, 0.1) is 0 Å². The first kappa shape index (κ1) is 13.6. The number of halogens is 1. The minimum Gasteiger partial charge on any atom is -0.397 e. The monoisotopic (exact) mass is 294 g/mol. The minimum atomic E-state index is -0.0338. The van der Waals surface area contributed by atoms with E-state index >= 15 is 0 Å². The molecule has 1 atom stereocenters. The molecule has 108 valence electrons. The van der Waals surface area contributed by atoms with Gasteiger partial charge in [-0.05, 0) is 38.4 Å². The van der Waals surface area contributed by atoms with Crippen LogP contribution in [0.2, 0.25) is 5.15 Å². The summed E-state index contributed by atoms with van der Waals surface area (Å²) in [6, 6.07) is 2.06. The van der Waals surface area contributed by atoms with Gasteiger partial charge in [-0.3, -0.25) is 9.69 Å². The van der Waals surface area contributed by atoms with E-state index in [1.54, 1.807) is 6.07 Å². The molecule has 6 heteroatoms. The van der Waals surface area contributed by atoms with Gasteiger partial charge in [0.25, 0.3) is 5.91 Å². The van der Waals surface area contributed by atoms with E-state index in [1.165, 1.54) is 19.0 Å². The molecule has 0 spiro atoms. The van der Waals surface area contributed by atoms with Gasteiger partial charge in [-0.25, -0.2) is 4.98 Å². The first-order chi connectivity index (χ1) is 9.65. The lowest BCUT2D eigenvalue weighted by atomic mass is 10.2. The van der Waals surface area contributed by atoms with Crippen molar-refractivity contribution >= 4 is 23.2 Å². The van der Waals surface area contributed by atoms with E-state index in [0.717, 1.165) is 32.6 Å². The zero-order valence-corrected chi connectivity index (χ0v) is 12.1. The number of carbonyl (C=O) groups is 1. The summed E-state index contributed by atoms with van der Waals surface area (Å²) in [7, 11) is 0. The van der Waals surface area contributed by atoms with Crippen molar-refractivity contribution in [2.45, 2.75) is 25.3 Å². The highest BCUT2D eigenvalue weighted by Gasteiger charge is 2.32. The Balaban J connectivity index is 1.70. The molecule has 2 aliphatic heterocycles. The average Bonchev–Trinajstić information content (AvgIpc) is 3.10. The Bertz CT molecular complexity index is 516. The lowest BCUT2D eigenvalue weighted by molar-refractivity contribution is 0.0781. The molecule has 0 bridgehead atoms. The third-order valence-electron chi connectivity index (χ3n) is 4.24. The van der Waals surface area contributed by atoms with Gasteiger partial charge in [0, 0.05) is 19.1 Å². The molecule has 1 aromatic rings. The molecule has 0 aromatic carbocycles. The lowest BCUT2D eigenvalue weighted by Crippen LogP contribution is -2.37.